The molecule has 0 saturated heterocycles. The molecule has 34 heavy (non-hydrogen) atoms. The van der Waals surface area contributed by atoms with Crippen LogP contribution in [0.2, 0.25) is 0 Å². The summed E-state index contributed by atoms with van der Waals surface area (Å²) in [5.74, 6) is -4.60. The predicted octanol–water partition coefficient (Wildman–Crippen LogP) is -0.575. The maximum absolute atomic E-state index is 13.2. The summed E-state index contributed by atoms with van der Waals surface area (Å²) in [4.78, 5) is 62.7. The smallest absolute Gasteiger partial charge is 0.339 e. The lowest BCUT2D eigenvalue weighted by Gasteiger charge is -2.41. The van der Waals surface area contributed by atoms with Crippen molar-refractivity contribution in [2.45, 2.75) is 77.3 Å². The number of carboxylic acid groups (broad SMARTS) is 1. The fraction of sp³-hybridized carbons (Fsp3) is 0.714. The number of rotatable bonds is 16. The van der Waals surface area contributed by atoms with E-state index >= 15 is 0 Å². The third-order valence-electron chi connectivity index (χ3n) is 5.43. The summed E-state index contributed by atoms with van der Waals surface area (Å²) in [5, 5.41) is 21.2. The van der Waals surface area contributed by atoms with Gasteiger partial charge >= 0.3 is 17.9 Å². The number of guanidine groups is 1. The van der Waals surface area contributed by atoms with E-state index < -0.39 is 54.3 Å². The zero-order valence-corrected chi connectivity index (χ0v) is 20.1. The molecule has 13 nitrogen and oxygen atoms in total. The van der Waals surface area contributed by atoms with Crippen LogP contribution in [0, 0.1) is 5.41 Å². The van der Waals surface area contributed by atoms with Gasteiger partial charge in [0.15, 0.2) is 5.96 Å². The molecule has 0 aromatic carbocycles. The van der Waals surface area contributed by atoms with Crippen LogP contribution in [-0.4, -0.2) is 76.9 Å². The zero-order valence-electron chi connectivity index (χ0n) is 20.1. The number of nitrogens with one attached hydrogen (secondary N) is 3. The van der Waals surface area contributed by atoms with Gasteiger partial charge in [-0.05, 0) is 32.6 Å². The van der Waals surface area contributed by atoms with E-state index in [1.54, 1.807) is 20.8 Å². The van der Waals surface area contributed by atoms with Crippen LogP contribution in [0.3, 0.4) is 0 Å². The van der Waals surface area contributed by atoms with Crippen LogP contribution >= 0.6 is 0 Å². The predicted molar refractivity (Wildman–Crippen MR) is 123 cm³/mol. The standard InChI is InChI=1S/C21H38N6O7/c1-4-21(5-2,19(33)34-17(31)10-8-7-9-11-25-20(23)24)27(6-3)18(32)14(12-16(29)30)26-15(28)13-22/h14H,4-13,22H2,1-3H3,(H,26,28)(H,29,30)(H4,23,24,25)/t14-/m0/s1. The summed E-state index contributed by atoms with van der Waals surface area (Å²) in [6.07, 6.45) is 1.28. The molecule has 0 aliphatic heterocycles. The Kier molecular flexibility index (Phi) is 14.1. The number of unbranched alkanes of at least 4 members (excludes halogenated alkanes) is 2. The molecule has 0 radical (unpaired) electrons. The normalized spacial score (nSPS) is 11.8. The summed E-state index contributed by atoms with van der Waals surface area (Å²) >= 11 is 0. The van der Waals surface area contributed by atoms with Gasteiger partial charge in [0.25, 0.3) is 0 Å². The zero-order chi connectivity index (χ0) is 26.3. The lowest BCUT2D eigenvalue weighted by atomic mass is 9.89. The molecule has 8 N–H and O–H groups in total. The van der Waals surface area contributed by atoms with Crippen molar-refractivity contribution in [2.24, 2.45) is 11.5 Å². The quantitative estimate of drug-likeness (QED) is 0.0536. The first kappa shape index (κ1) is 30.8. The lowest BCUT2D eigenvalue weighted by molar-refractivity contribution is -0.173. The number of nitrogens with zero attached hydrogens (tertiary/aromatic N) is 1. The number of likely N-dealkylation sites (N-methyl/N-ethyl adjacent to an activating group) is 1. The molecule has 0 aliphatic carbocycles. The van der Waals surface area contributed by atoms with E-state index in [1.165, 1.54) is 0 Å². The summed E-state index contributed by atoms with van der Waals surface area (Å²) in [6, 6.07) is -1.43. The van der Waals surface area contributed by atoms with Crippen molar-refractivity contribution in [1.29, 1.82) is 5.41 Å². The van der Waals surface area contributed by atoms with E-state index in [9.17, 15) is 29.1 Å². The Morgan fingerprint density at radius 2 is 1.71 bits per heavy atom. The molecule has 0 saturated carbocycles. The Bertz CT molecular complexity index is 739. The molecule has 194 valence electrons. The van der Waals surface area contributed by atoms with Crippen LogP contribution in [0.1, 0.15) is 65.7 Å². The van der Waals surface area contributed by atoms with E-state index in [4.69, 9.17) is 21.6 Å². The second-order valence-corrected chi connectivity index (χ2v) is 7.66. The molecular weight excluding hydrogens is 448 g/mol. The molecule has 1 atom stereocenters. The largest absolute Gasteiger partial charge is 0.481 e. The fourth-order valence-electron chi connectivity index (χ4n) is 3.56. The molecule has 0 fully saturated rings. The second-order valence-electron chi connectivity index (χ2n) is 7.66. The number of carbonyl (C=O) groups is 5. The minimum atomic E-state index is -1.52. The highest BCUT2D eigenvalue weighted by Gasteiger charge is 2.47. The number of esters is 2. The summed E-state index contributed by atoms with van der Waals surface area (Å²) in [6.45, 7) is 4.97. The average molecular weight is 487 g/mol. The molecule has 0 unspecified atom stereocenters. The summed E-state index contributed by atoms with van der Waals surface area (Å²) < 4.78 is 5.07. The number of carbonyl (C=O) groups excluding carboxylic acids is 4. The van der Waals surface area contributed by atoms with Gasteiger partial charge in [-0.25, -0.2) is 4.79 Å². The molecule has 0 bridgehead atoms. The first-order valence-electron chi connectivity index (χ1n) is 11.3. The third-order valence-corrected chi connectivity index (χ3v) is 5.43. The summed E-state index contributed by atoms with van der Waals surface area (Å²) in [5.41, 5.74) is 8.93. The van der Waals surface area contributed by atoms with E-state index in [0.29, 0.717) is 25.8 Å². The van der Waals surface area contributed by atoms with E-state index in [2.05, 4.69) is 10.6 Å². The van der Waals surface area contributed by atoms with Crippen molar-refractivity contribution >= 4 is 35.7 Å². The average Bonchev–Trinajstić information content (AvgIpc) is 2.78. The maximum Gasteiger partial charge on any atom is 0.339 e. The monoisotopic (exact) mass is 486 g/mol. The van der Waals surface area contributed by atoms with Crippen LogP contribution in [0.15, 0.2) is 0 Å². The number of amides is 2. The Labute approximate surface area is 199 Å². The van der Waals surface area contributed by atoms with Crippen LogP contribution in [0.25, 0.3) is 0 Å². The lowest BCUT2D eigenvalue weighted by Crippen LogP contribution is -2.62. The minimum absolute atomic E-state index is 0.0103. The van der Waals surface area contributed by atoms with Gasteiger partial charge in [0, 0.05) is 19.5 Å². The fourth-order valence-corrected chi connectivity index (χ4v) is 3.56. The number of hydrogen-bond acceptors (Lipinski definition) is 8. The Morgan fingerprint density at radius 3 is 2.18 bits per heavy atom. The van der Waals surface area contributed by atoms with Gasteiger partial charge in [0.05, 0.1) is 13.0 Å². The Morgan fingerprint density at radius 1 is 1.09 bits per heavy atom. The molecule has 0 heterocycles. The highest BCUT2D eigenvalue weighted by Crippen LogP contribution is 2.27. The van der Waals surface area contributed by atoms with E-state index in [1.807, 2.05) is 0 Å². The third kappa shape index (κ3) is 9.73. The molecule has 0 spiro atoms. The number of carboxylic acids is 1. The van der Waals surface area contributed by atoms with E-state index in [0.717, 1.165) is 4.90 Å². The van der Waals surface area contributed by atoms with Gasteiger partial charge in [-0.1, -0.05) is 20.3 Å². The molecular formula is C21H38N6O7. The molecule has 13 heteroatoms. The molecule has 0 aromatic heterocycles. The van der Waals surface area contributed by atoms with Crippen LogP contribution in [0.4, 0.5) is 0 Å². The van der Waals surface area contributed by atoms with Crippen LogP contribution < -0.4 is 22.1 Å². The van der Waals surface area contributed by atoms with Crippen LogP contribution in [-0.2, 0) is 28.7 Å². The molecule has 0 aliphatic rings. The maximum atomic E-state index is 13.2. The van der Waals surface area contributed by atoms with Gasteiger partial charge in [-0.3, -0.25) is 24.6 Å². The first-order chi connectivity index (χ1) is 16.0. The van der Waals surface area contributed by atoms with Gasteiger partial charge in [0.2, 0.25) is 11.8 Å². The van der Waals surface area contributed by atoms with Gasteiger partial charge in [-0.15, -0.1) is 0 Å². The van der Waals surface area contributed by atoms with Gasteiger partial charge in [0.1, 0.15) is 11.6 Å². The topological polar surface area (TPSA) is 218 Å². The van der Waals surface area contributed by atoms with Gasteiger partial charge in [-0.2, -0.15) is 0 Å². The Hall–Kier alpha value is -3.22. The van der Waals surface area contributed by atoms with Gasteiger partial charge < -0.3 is 36.8 Å². The SMILES string of the molecule is CCN(C(=O)[C@H](CC(=O)O)NC(=O)CN)C(CC)(CC)C(=O)OC(=O)CCCCCNC(=N)N. The summed E-state index contributed by atoms with van der Waals surface area (Å²) in [7, 11) is 0. The number of nitrogens with two attached hydrogens (primary N) is 2. The van der Waals surface area contributed by atoms with Crippen molar-refractivity contribution in [3.05, 3.63) is 0 Å². The second kappa shape index (κ2) is 15.6. The van der Waals surface area contributed by atoms with Crippen molar-refractivity contribution in [2.75, 3.05) is 19.6 Å². The van der Waals surface area contributed by atoms with Crippen LogP contribution in [0.5, 0.6) is 0 Å². The van der Waals surface area contributed by atoms with Crippen molar-refractivity contribution in [1.82, 2.24) is 15.5 Å². The van der Waals surface area contributed by atoms with E-state index in [-0.39, 0.29) is 31.8 Å². The molecule has 0 aromatic rings. The molecule has 2 amide bonds. The number of ether oxygens (including phenoxy) is 1. The highest BCUT2D eigenvalue weighted by molar-refractivity contribution is 5.97. The molecule has 0 rings (SSSR count). The minimum Gasteiger partial charge on any atom is -0.481 e. The van der Waals surface area contributed by atoms with Crippen molar-refractivity contribution in [3.63, 3.8) is 0 Å². The first-order valence-corrected chi connectivity index (χ1v) is 11.3. The van der Waals surface area contributed by atoms with Crippen molar-refractivity contribution in [3.8, 4) is 0 Å². The van der Waals surface area contributed by atoms with Crippen molar-refractivity contribution < 1.29 is 33.8 Å². The highest BCUT2D eigenvalue weighted by atomic mass is 16.6. The Balaban J connectivity index is 5.41. The number of aliphatic carboxylic acids is 1. The number of hydrogen-bond donors (Lipinski definition) is 6.